The van der Waals surface area contributed by atoms with Gasteiger partial charge in [-0.1, -0.05) is 55.0 Å². The van der Waals surface area contributed by atoms with Crippen LogP contribution < -0.4 is 10.6 Å². The van der Waals surface area contributed by atoms with Crippen molar-refractivity contribution in [2.45, 2.75) is 26.8 Å². The monoisotopic (exact) mass is 412 g/mol. The smallest absolute Gasteiger partial charge is 0.252 e. The minimum Gasteiger partial charge on any atom is -0.340 e. The molecule has 3 aromatic rings. The maximum absolute atomic E-state index is 13.4. The van der Waals surface area contributed by atoms with Crippen molar-refractivity contribution in [3.63, 3.8) is 0 Å². The number of nitrogens with one attached hydrogen (secondary N) is 2. The summed E-state index contributed by atoms with van der Waals surface area (Å²) in [6.07, 6.45) is 0. The van der Waals surface area contributed by atoms with Crippen LogP contribution in [0.4, 0.5) is 9.52 Å². The molecule has 0 fully saturated rings. The minimum absolute atomic E-state index is 0.154. The summed E-state index contributed by atoms with van der Waals surface area (Å²) in [5, 5.41) is 14.6. The molecule has 8 heteroatoms. The molecular formula is C21H21FN4O2S. The first kappa shape index (κ1) is 20.6. The molecule has 2 aromatic carbocycles. The lowest BCUT2D eigenvalue weighted by atomic mass is 10.0. The Kier molecular flexibility index (Phi) is 6.33. The van der Waals surface area contributed by atoms with Gasteiger partial charge in [-0.2, -0.15) is 0 Å². The van der Waals surface area contributed by atoms with E-state index in [1.807, 2.05) is 45.0 Å². The molecule has 29 heavy (non-hydrogen) atoms. The maximum Gasteiger partial charge on any atom is 0.252 e. The molecule has 0 aliphatic heterocycles. The van der Waals surface area contributed by atoms with Gasteiger partial charge in [-0.25, -0.2) is 4.39 Å². The molecule has 1 heterocycles. The summed E-state index contributed by atoms with van der Waals surface area (Å²) >= 11 is 1.25. The largest absolute Gasteiger partial charge is 0.340 e. The van der Waals surface area contributed by atoms with Gasteiger partial charge in [-0.15, -0.1) is 10.2 Å². The summed E-state index contributed by atoms with van der Waals surface area (Å²) in [6.45, 7) is 5.62. The van der Waals surface area contributed by atoms with Gasteiger partial charge in [0.1, 0.15) is 16.9 Å². The third kappa shape index (κ3) is 5.23. The Morgan fingerprint density at radius 1 is 1.07 bits per heavy atom. The molecular weight excluding hydrogens is 391 g/mol. The molecule has 0 radical (unpaired) electrons. The zero-order valence-corrected chi connectivity index (χ0v) is 17.1. The molecule has 1 atom stereocenters. The Balaban J connectivity index is 1.71. The van der Waals surface area contributed by atoms with Crippen LogP contribution in [0.3, 0.4) is 0 Å². The van der Waals surface area contributed by atoms with E-state index in [9.17, 15) is 14.0 Å². The molecule has 0 bridgehead atoms. The van der Waals surface area contributed by atoms with Crippen molar-refractivity contribution in [1.29, 1.82) is 0 Å². The number of carbonyl (C=O) groups is 2. The van der Waals surface area contributed by atoms with Gasteiger partial charge in [0, 0.05) is 11.1 Å². The fourth-order valence-electron chi connectivity index (χ4n) is 2.74. The Hall–Kier alpha value is -3.13. The van der Waals surface area contributed by atoms with Gasteiger partial charge in [0.25, 0.3) is 5.91 Å². The van der Waals surface area contributed by atoms with Crippen molar-refractivity contribution in [1.82, 2.24) is 15.5 Å². The van der Waals surface area contributed by atoms with Gasteiger partial charge in [0.05, 0.1) is 0 Å². The van der Waals surface area contributed by atoms with E-state index in [1.165, 1.54) is 29.5 Å². The summed E-state index contributed by atoms with van der Waals surface area (Å²) in [6, 6.07) is 12.3. The molecule has 6 nitrogen and oxygen atoms in total. The highest BCUT2D eigenvalue weighted by Gasteiger charge is 2.26. The van der Waals surface area contributed by atoms with Crippen molar-refractivity contribution in [3.8, 4) is 10.6 Å². The average molecular weight is 412 g/mol. The predicted octanol–water partition coefficient (Wildman–Crippen LogP) is 4.05. The Morgan fingerprint density at radius 3 is 2.52 bits per heavy atom. The molecule has 150 valence electrons. The Labute approximate surface area is 172 Å². The van der Waals surface area contributed by atoms with E-state index in [-0.39, 0.29) is 11.5 Å². The quantitative estimate of drug-likeness (QED) is 0.640. The number of rotatable bonds is 6. The van der Waals surface area contributed by atoms with E-state index in [0.29, 0.717) is 10.1 Å². The number of benzene rings is 2. The number of amides is 2. The average Bonchev–Trinajstić information content (AvgIpc) is 3.14. The Morgan fingerprint density at radius 2 is 1.83 bits per heavy atom. The molecule has 0 aliphatic rings. The fraction of sp³-hybridized carbons (Fsp3) is 0.238. The third-order valence-corrected chi connectivity index (χ3v) is 5.13. The second kappa shape index (κ2) is 8.91. The van der Waals surface area contributed by atoms with Crippen LogP contribution in [-0.2, 0) is 4.79 Å². The third-order valence-electron chi connectivity index (χ3n) is 4.24. The van der Waals surface area contributed by atoms with E-state index in [1.54, 1.807) is 0 Å². The number of aromatic nitrogens is 2. The van der Waals surface area contributed by atoms with Crippen molar-refractivity contribution >= 4 is 28.3 Å². The van der Waals surface area contributed by atoms with Gasteiger partial charge in [0.2, 0.25) is 11.0 Å². The normalized spacial score (nSPS) is 11.9. The molecule has 3 rings (SSSR count). The highest BCUT2D eigenvalue weighted by molar-refractivity contribution is 7.18. The van der Waals surface area contributed by atoms with Crippen LogP contribution in [0.1, 0.15) is 29.8 Å². The molecule has 0 spiro atoms. The molecule has 2 N–H and O–H groups in total. The number of halogens is 1. The van der Waals surface area contributed by atoms with Crippen LogP contribution in [0.2, 0.25) is 0 Å². The summed E-state index contributed by atoms with van der Waals surface area (Å²) in [4.78, 5) is 25.1. The first-order valence-electron chi connectivity index (χ1n) is 9.11. The van der Waals surface area contributed by atoms with Crippen molar-refractivity contribution in [2.24, 2.45) is 5.92 Å². The maximum atomic E-state index is 13.4. The lowest BCUT2D eigenvalue weighted by Gasteiger charge is -2.21. The number of anilines is 1. The summed E-state index contributed by atoms with van der Waals surface area (Å²) in [5.74, 6) is -1.62. The topological polar surface area (TPSA) is 84.0 Å². The number of hydrogen-bond donors (Lipinski definition) is 2. The second-order valence-corrected chi connectivity index (χ2v) is 7.95. The minimum atomic E-state index is -0.808. The van der Waals surface area contributed by atoms with Gasteiger partial charge < -0.3 is 5.32 Å². The lowest BCUT2D eigenvalue weighted by molar-refractivity contribution is -0.118. The highest BCUT2D eigenvalue weighted by Crippen LogP contribution is 2.27. The zero-order valence-electron chi connectivity index (χ0n) is 16.3. The van der Waals surface area contributed by atoms with E-state index in [2.05, 4.69) is 20.8 Å². The lowest BCUT2D eigenvalue weighted by Crippen LogP contribution is -2.47. The number of hydrogen-bond acceptors (Lipinski definition) is 5. The second-order valence-electron chi connectivity index (χ2n) is 6.98. The van der Waals surface area contributed by atoms with Crippen molar-refractivity contribution in [3.05, 3.63) is 65.5 Å². The molecule has 0 saturated heterocycles. The molecule has 0 aliphatic carbocycles. The van der Waals surface area contributed by atoms with Crippen molar-refractivity contribution in [2.75, 3.05) is 5.32 Å². The number of aryl methyl sites for hydroxylation is 1. The molecule has 0 saturated carbocycles. The van der Waals surface area contributed by atoms with Crippen LogP contribution in [0.25, 0.3) is 10.6 Å². The summed E-state index contributed by atoms with van der Waals surface area (Å²) in [7, 11) is 0. The Bertz CT molecular complexity index is 1030. The SMILES string of the molecule is Cc1cccc(-c2nnc(NC(=O)[C@@H](NC(=O)c3cccc(F)c3)C(C)C)s2)c1. The van der Waals surface area contributed by atoms with E-state index < -0.39 is 23.7 Å². The number of nitrogens with zero attached hydrogens (tertiary/aromatic N) is 2. The first-order chi connectivity index (χ1) is 13.8. The van der Waals surface area contributed by atoms with E-state index in [0.717, 1.165) is 17.2 Å². The van der Waals surface area contributed by atoms with Gasteiger partial charge in [0.15, 0.2) is 0 Å². The molecule has 1 aromatic heterocycles. The number of carbonyl (C=O) groups excluding carboxylic acids is 2. The van der Waals surface area contributed by atoms with Crippen LogP contribution in [0.5, 0.6) is 0 Å². The summed E-state index contributed by atoms with van der Waals surface area (Å²) < 4.78 is 13.4. The van der Waals surface area contributed by atoms with Crippen LogP contribution in [-0.4, -0.2) is 28.1 Å². The van der Waals surface area contributed by atoms with Crippen LogP contribution >= 0.6 is 11.3 Å². The van der Waals surface area contributed by atoms with Gasteiger partial charge >= 0.3 is 0 Å². The van der Waals surface area contributed by atoms with Gasteiger partial charge in [-0.3, -0.25) is 14.9 Å². The van der Waals surface area contributed by atoms with E-state index >= 15 is 0 Å². The standard InChI is InChI=1S/C21H21FN4O2S/c1-12(2)17(23-18(27)14-7-5-9-16(22)11-14)19(28)24-21-26-25-20(29-21)15-8-4-6-13(3)10-15/h4-12,17H,1-3H3,(H,23,27)(H,24,26,28)/t17-/m0/s1. The van der Waals surface area contributed by atoms with Crippen LogP contribution in [0.15, 0.2) is 48.5 Å². The van der Waals surface area contributed by atoms with E-state index in [4.69, 9.17) is 0 Å². The molecule has 0 unspecified atom stereocenters. The highest BCUT2D eigenvalue weighted by atomic mass is 32.1. The van der Waals surface area contributed by atoms with Crippen molar-refractivity contribution < 1.29 is 14.0 Å². The predicted molar refractivity (Wildman–Crippen MR) is 111 cm³/mol. The zero-order chi connectivity index (χ0) is 21.0. The fourth-order valence-corrected chi connectivity index (χ4v) is 3.48. The first-order valence-corrected chi connectivity index (χ1v) is 9.93. The van der Waals surface area contributed by atoms with Crippen LogP contribution in [0, 0.1) is 18.7 Å². The van der Waals surface area contributed by atoms with Gasteiger partial charge in [-0.05, 0) is 37.1 Å². The molecule has 2 amide bonds. The summed E-state index contributed by atoms with van der Waals surface area (Å²) in [5.41, 5.74) is 2.17.